The van der Waals surface area contributed by atoms with Crippen LogP contribution in [0.5, 0.6) is 0 Å². The lowest BCUT2D eigenvalue weighted by atomic mass is 9.96. The molecular formula is C14H18F3NOS. The van der Waals surface area contributed by atoms with E-state index in [1.165, 1.54) is 0 Å². The van der Waals surface area contributed by atoms with Crippen LogP contribution in [-0.4, -0.2) is 36.5 Å². The van der Waals surface area contributed by atoms with Gasteiger partial charge in [-0.05, 0) is 45.8 Å². The lowest BCUT2D eigenvalue weighted by Crippen LogP contribution is -2.41. The first-order valence-electron chi connectivity index (χ1n) is 6.66. The number of nitrogens with zero attached hydrogens (tertiary/aromatic N) is 1. The van der Waals surface area contributed by atoms with E-state index in [4.69, 9.17) is 0 Å². The van der Waals surface area contributed by atoms with Crippen molar-refractivity contribution in [1.29, 1.82) is 0 Å². The first kappa shape index (κ1) is 15.5. The predicted molar refractivity (Wildman–Crippen MR) is 73.3 cm³/mol. The number of carbonyl (C=O) groups is 1. The van der Waals surface area contributed by atoms with Gasteiger partial charge in [-0.3, -0.25) is 9.69 Å². The fourth-order valence-electron chi connectivity index (χ4n) is 2.61. The molecule has 2 rings (SSSR count). The Morgan fingerprint density at radius 2 is 1.95 bits per heavy atom. The van der Waals surface area contributed by atoms with Gasteiger partial charge in [-0.25, -0.2) is 0 Å². The molecule has 1 aromatic heterocycles. The number of piperidine rings is 1. The number of likely N-dealkylation sites (tertiary alicyclic amines) is 1. The molecule has 0 saturated carbocycles. The Balaban J connectivity index is 1.90. The second-order valence-corrected chi connectivity index (χ2v) is 6.80. The molecule has 112 valence electrons. The van der Waals surface area contributed by atoms with Crippen LogP contribution in [0.25, 0.3) is 0 Å². The Hall–Kier alpha value is -0.880. The zero-order chi connectivity index (χ0) is 14.9. The van der Waals surface area contributed by atoms with E-state index in [2.05, 4.69) is 0 Å². The molecule has 0 atom stereocenters. The number of thiophene rings is 1. The van der Waals surface area contributed by atoms with Crippen LogP contribution in [0.3, 0.4) is 0 Å². The van der Waals surface area contributed by atoms with Gasteiger partial charge in [0.2, 0.25) is 0 Å². The Labute approximate surface area is 120 Å². The lowest BCUT2D eigenvalue weighted by Gasteiger charge is -2.32. The highest BCUT2D eigenvalue weighted by atomic mass is 32.1. The molecule has 2 heterocycles. The molecule has 0 bridgehead atoms. The number of ketones is 1. The summed E-state index contributed by atoms with van der Waals surface area (Å²) in [4.78, 5) is 16.1. The quantitative estimate of drug-likeness (QED) is 0.791. The number of hydrogen-bond donors (Lipinski definition) is 0. The van der Waals surface area contributed by atoms with E-state index in [-0.39, 0.29) is 25.2 Å². The van der Waals surface area contributed by atoms with Crippen LogP contribution in [0, 0.1) is 19.8 Å². The van der Waals surface area contributed by atoms with Crippen molar-refractivity contribution < 1.29 is 18.0 Å². The number of hydrogen-bond acceptors (Lipinski definition) is 3. The number of alkyl halides is 3. The molecule has 1 aromatic rings. The summed E-state index contributed by atoms with van der Waals surface area (Å²) in [6.07, 6.45) is -3.91. The van der Waals surface area contributed by atoms with Crippen molar-refractivity contribution in [3.8, 4) is 0 Å². The van der Waals surface area contributed by atoms with Gasteiger partial charge in [-0.1, -0.05) is 0 Å². The average Bonchev–Trinajstić information content (AvgIpc) is 2.68. The van der Waals surface area contributed by atoms with Crippen LogP contribution in [-0.2, 0) is 0 Å². The van der Waals surface area contributed by atoms with Crippen LogP contribution >= 0.6 is 11.3 Å². The van der Waals surface area contributed by atoms with E-state index < -0.39 is 12.1 Å². The Morgan fingerprint density at radius 3 is 2.40 bits per heavy atom. The molecule has 6 heteroatoms. The van der Waals surface area contributed by atoms with Crippen LogP contribution in [0.1, 0.15) is 33.0 Å². The fourth-order valence-corrected chi connectivity index (χ4v) is 3.56. The summed E-state index contributed by atoms with van der Waals surface area (Å²) in [5, 5.41) is 0. The summed E-state index contributed by atoms with van der Waals surface area (Å²) in [5.74, 6) is -1.20. The van der Waals surface area contributed by atoms with Crippen molar-refractivity contribution in [2.24, 2.45) is 5.92 Å². The second-order valence-electron chi connectivity index (χ2n) is 5.34. The van der Waals surface area contributed by atoms with E-state index >= 15 is 0 Å². The molecule has 1 fully saturated rings. The van der Waals surface area contributed by atoms with Crippen molar-refractivity contribution >= 4 is 17.1 Å². The van der Waals surface area contributed by atoms with Crippen molar-refractivity contribution in [3.63, 3.8) is 0 Å². The first-order chi connectivity index (χ1) is 9.27. The molecule has 0 aromatic carbocycles. The summed E-state index contributed by atoms with van der Waals surface area (Å²) in [6, 6.07) is 1.87. The fraction of sp³-hybridized carbons (Fsp3) is 0.643. The first-order valence-corrected chi connectivity index (χ1v) is 7.48. The van der Waals surface area contributed by atoms with Gasteiger partial charge >= 0.3 is 6.18 Å². The van der Waals surface area contributed by atoms with Gasteiger partial charge in [0.05, 0.1) is 12.5 Å². The number of carbonyl (C=O) groups excluding carboxylic acids is 1. The number of Topliss-reactive ketones (excluding diaryl/α,β-unsaturated/α-hetero) is 1. The molecule has 0 amide bonds. The third-order valence-electron chi connectivity index (χ3n) is 3.76. The summed E-state index contributed by atoms with van der Waals surface area (Å²) >= 11 is 1.58. The highest BCUT2D eigenvalue weighted by Gasteiger charge is 2.41. The van der Waals surface area contributed by atoms with Gasteiger partial charge in [0.25, 0.3) is 0 Å². The van der Waals surface area contributed by atoms with E-state index in [9.17, 15) is 18.0 Å². The maximum atomic E-state index is 12.6. The minimum Gasteiger partial charge on any atom is -0.296 e. The SMILES string of the molecule is Cc1cc(C(=O)CN2CCC(C(F)(F)F)CC2)c(C)s1. The zero-order valence-electron chi connectivity index (χ0n) is 11.6. The van der Waals surface area contributed by atoms with E-state index in [1.54, 1.807) is 11.3 Å². The molecular weight excluding hydrogens is 287 g/mol. The van der Waals surface area contributed by atoms with Crippen LogP contribution in [0.15, 0.2) is 6.07 Å². The standard InChI is InChI=1S/C14H18F3NOS/c1-9-7-12(10(2)20-9)13(19)8-18-5-3-11(4-6-18)14(15,16)17/h7,11H,3-6,8H2,1-2H3. The van der Waals surface area contributed by atoms with Crippen molar-refractivity contribution in [1.82, 2.24) is 4.90 Å². The van der Waals surface area contributed by atoms with E-state index in [1.807, 2.05) is 24.8 Å². The smallest absolute Gasteiger partial charge is 0.296 e. The summed E-state index contributed by atoms with van der Waals surface area (Å²) in [7, 11) is 0. The van der Waals surface area contributed by atoms with Gasteiger partial charge in [0.15, 0.2) is 5.78 Å². The summed E-state index contributed by atoms with van der Waals surface area (Å²) in [6.45, 7) is 4.77. The third-order valence-corrected chi connectivity index (χ3v) is 4.73. The minimum atomic E-state index is -4.10. The van der Waals surface area contributed by atoms with Crippen LogP contribution in [0.2, 0.25) is 0 Å². The van der Waals surface area contributed by atoms with Crippen molar-refractivity contribution in [2.45, 2.75) is 32.9 Å². The predicted octanol–water partition coefficient (Wildman–Crippen LogP) is 3.82. The Kier molecular flexibility index (Phi) is 4.54. The van der Waals surface area contributed by atoms with Crippen molar-refractivity contribution in [2.75, 3.05) is 19.6 Å². The largest absolute Gasteiger partial charge is 0.391 e. The number of rotatable bonds is 3. The molecule has 0 unspecified atom stereocenters. The average molecular weight is 305 g/mol. The molecule has 0 N–H and O–H groups in total. The maximum absolute atomic E-state index is 12.6. The van der Waals surface area contributed by atoms with Crippen molar-refractivity contribution in [3.05, 3.63) is 21.4 Å². The van der Waals surface area contributed by atoms with Gasteiger partial charge in [-0.15, -0.1) is 11.3 Å². The molecule has 1 aliphatic heterocycles. The summed E-state index contributed by atoms with van der Waals surface area (Å²) < 4.78 is 37.7. The maximum Gasteiger partial charge on any atom is 0.391 e. The highest BCUT2D eigenvalue weighted by Crippen LogP contribution is 2.34. The van der Waals surface area contributed by atoms with Crippen LogP contribution in [0.4, 0.5) is 13.2 Å². The minimum absolute atomic E-state index is 0.0114. The molecule has 0 spiro atoms. The third kappa shape index (κ3) is 3.61. The topological polar surface area (TPSA) is 20.3 Å². The second kappa shape index (κ2) is 5.85. The van der Waals surface area contributed by atoms with Gasteiger partial charge in [-0.2, -0.15) is 13.2 Å². The lowest BCUT2D eigenvalue weighted by molar-refractivity contribution is -0.184. The normalized spacial score (nSPS) is 18.4. The molecule has 2 nitrogen and oxygen atoms in total. The Morgan fingerprint density at radius 1 is 1.35 bits per heavy atom. The molecule has 20 heavy (non-hydrogen) atoms. The van der Waals surface area contributed by atoms with E-state index in [0.717, 1.165) is 9.75 Å². The molecule has 1 aliphatic rings. The van der Waals surface area contributed by atoms with Crippen LogP contribution < -0.4 is 0 Å². The summed E-state index contributed by atoms with van der Waals surface area (Å²) in [5.41, 5.74) is 0.713. The molecule has 1 saturated heterocycles. The monoisotopic (exact) mass is 305 g/mol. The van der Waals surface area contributed by atoms with E-state index in [0.29, 0.717) is 18.7 Å². The van der Waals surface area contributed by atoms with Gasteiger partial charge in [0, 0.05) is 15.3 Å². The Bertz CT molecular complexity index is 487. The molecule has 0 aliphatic carbocycles. The highest BCUT2D eigenvalue weighted by molar-refractivity contribution is 7.12. The van der Waals surface area contributed by atoms with Gasteiger partial charge < -0.3 is 0 Å². The van der Waals surface area contributed by atoms with Gasteiger partial charge in [0.1, 0.15) is 0 Å². The number of halogens is 3. The zero-order valence-corrected chi connectivity index (χ0v) is 12.4. The number of aryl methyl sites for hydroxylation is 2. The molecule has 0 radical (unpaired) electrons.